The maximum Gasteiger partial charge on any atom is 0.214 e. The summed E-state index contributed by atoms with van der Waals surface area (Å²) in [6.45, 7) is 4.37. The summed E-state index contributed by atoms with van der Waals surface area (Å²) in [5.41, 5.74) is 4.02. The van der Waals surface area contributed by atoms with Crippen molar-refractivity contribution in [1.29, 1.82) is 0 Å². The van der Waals surface area contributed by atoms with Gasteiger partial charge in [-0.1, -0.05) is 0 Å². The highest BCUT2D eigenvalue weighted by Crippen LogP contribution is 2.26. The molecule has 2 aromatic rings. The fraction of sp³-hybridized carbons (Fsp3) is 0.588. The average Bonchev–Trinajstić information content (AvgIpc) is 3.01. The number of hydrogen-bond donors (Lipinski definition) is 2. The second-order valence-electron chi connectivity index (χ2n) is 6.85. The van der Waals surface area contributed by atoms with Crippen molar-refractivity contribution >= 4 is 37.3 Å². The van der Waals surface area contributed by atoms with Crippen LogP contribution < -0.4 is 10.0 Å². The lowest BCUT2D eigenvalue weighted by molar-refractivity contribution is 0.323. The minimum Gasteiger partial charge on any atom is -0.385 e. The van der Waals surface area contributed by atoms with Gasteiger partial charge < -0.3 is 5.32 Å². The van der Waals surface area contributed by atoms with E-state index in [1.807, 2.05) is 5.51 Å². The second-order valence-corrected chi connectivity index (χ2v) is 10.00. The third-order valence-electron chi connectivity index (χ3n) is 4.72. The molecule has 1 aromatic carbocycles. The number of benzene rings is 1. The molecule has 1 saturated carbocycles. The summed E-state index contributed by atoms with van der Waals surface area (Å²) in [6, 6.07) is 6.39. The van der Waals surface area contributed by atoms with Crippen molar-refractivity contribution in [2.45, 2.75) is 50.8 Å². The van der Waals surface area contributed by atoms with Gasteiger partial charge in [-0.3, -0.25) is 0 Å². The van der Waals surface area contributed by atoms with E-state index in [2.05, 4.69) is 33.2 Å². The third-order valence-corrected chi connectivity index (χ3v) is 7.44. The molecule has 1 fully saturated rings. The molecule has 0 saturated heterocycles. The Morgan fingerprint density at radius 2 is 2.00 bits per heavy atom. The fourth-order valence-corrected chi connectivity index (χ4v) is 4.71. The Balaban J connectivity index is 1.47. The van der Waals surface area contributed by atoms with Gasteiger partial charge in [0.1, 0.15) is 0 Å². The normalized spacial score (nSPS) is 22.1. The number of thiazole rings is 1. The number of fused-ring (bicyclic) bond motifs is 1. The molecule has 3 rings (SSSR count). The van der Waals surface area contributed by atoms with Crippen LogP contribution in [0.4, 0.5) is 5.69 Å². The molecule has 0 amide bonds. The van der Waals surface area contributed by atoms with Crippen molar-refractivity contribution < 1.29 is 8.42 Å². The van der Waals surface area contributed by atoms with Crippen LogP contribution in [0.5, 0.6) is 0 Å². The Morgan fingerprint density at radius 1 is 1.25 bits per heavy atom. The van der Waals surface area contributed by atoms with Gasteiger partial charge in [0.05, 0.1) is 21.0 Å². The van der Waals surface area contributed by atoms with Gasteiger partial charge in [-0.25, -0.2) is 18.1 Å². The molecular formula is C17H25N3O2S2. The van der Waals surface area contributed by atoms with Crippen molar-refractivity contribution in [1.82, 2.24) is 9.71 Å². The molecule has 0 bridgehead atoms. The molecule has 1 aliphatic carbocycles. The van der Waals surface area contributed by atoms with E-state index in [-0.39, 0.29) is 11.3 Å². The molecule has 0 spiro atoms. The van der Waals surface area contributed by atoms with E-state index in [9.17, 15) is 8.42 Å². The summed E-state index contributed by atoms with van der Waals surface area (Å²) in [6.07, 6.45) is 3.95. The van der Waals surface area contributed by atoms with E-state index in [0.717, 1.165) is 43.4 Å². The average molecular weight is 368 g/mol. The predicted molar refractivity (Wildman–Crippen MR) is 101 cm³/mol. The Bertz CT molecular complexity index is 778. The zero-order chi connectivity index (χ0) is 17.2. The Labute approximate surface area is 147 Å². The molecule has 24 heavy (non-hydrogen) atoms. The first kappa shape index (κ1) is 17.6. The van der Waals surface area contributed by atoms with Crippen LogP contribution in [0.15, 0.2) is 23.7 Å². The van der Waals surface area contributed by atoms with Crippen LogP contribution in [0.3, 0.4) is 0 Å². The van der Waals surface area contributed by atoms with Gasteiger partial charge in [0.15, 0.2) is 0 Å². The first-order valence-corrected chi connectivity index (χ1v) is 10.9. The monoisotopic (exact) mass is 367 g/mol. The smallest absolute Gasteiger partial charge is 0.214 e. The van der Waals surface area contributed by atoms with Crippen LogP contribution in [0.1, 0.15) is 39.5 Å². The Kier molecular flexibility index (Phi) is 5.42. The first-order valence-electron chi connectivity index (χ1n) is 8.52. The second kappa shape index (κ2) is 7.37. The highest BCUT2D eigenvalue weighted by molar-refractivity contribution is 7.90. The van der Waals surface area contributed by atoms with E-state index in [4.69, 9.17) is 0 Å². The van der Waals surface area contributed by atoms with Crippen molar-refractivity contribution in [3.63, 3.8) is 0 Å². The summed E-state index contributed by atoms with van der Waals surface area (Å²) >= 11 is 1.65. The summed E-state index contributed by atoms with van der Waals surface area (Å²) in [5.74, 6) is 0.593. The molecule has 1 aliphatic rings. The number of anilines is 1. The van der Waals surface area contributed by atoms with Gasteiger partial charge in [-0.05, 0) is 63.6 Å². The van der Waals surface area contributed by atoms with E-state index >= 15 is 0 Å². The molecule has 0 aliphatic heterocycles. The molecule has 0 unspecified atom stereocenters. The lowest BCUT2D eigenvalue weighted by Crippen LogP contribution is -2.41. The van der Waals surface area contributed by atoms with Crippen LogP contribution in [-0.2, 0) is 10.0 Å². The van der Waals surface area contributed by atoms with Crippen LogP contribution in [-0.4, -0.2) is 31.2 Å². The highest BCUT2D eigenvalue weighted by atomic mass is 32.2. The van der Waals surface area contributed by atoms with Crippen LogP contribution in [0.2, 0.25) is 0 Å². The predicted octanol–water partition coefficient (Wildman–Crippen LogP) is 3.59. The van der Waals surface area contributed by atoms with E-state index in [1.54, 1.807) is 25.2 Å². The molecule has 132 valence electrons. The third kappa shape index (κ3) is 4.26. The lowest BCUT2D eigenvalue weighted by atomic mass is 9.86. The van der Waals surface area contributed by atoms with Gasteiger partial charge in [0.2, 0.25) is 10.0 Å². The standard InChI is InChI=1S/C17H25N3O2S2/c1-12(2)24(21,22)20-14-5-3-13(4-6-14)10-18-15-7-8-17-16(9-15)19-11-23-17/h7-9,11-14,18,20H,3-6,10H2,1-2H3. The minimum absolute atomic E-state index is 0.0972. The molecule has 5 nitrogen and oxygen atoms in total. The number of sulfonamides is 1. The quantitative estimate of drug-likeness (QED) is 0.818. The molecule has 1 heterocycles. The molecule has 7 heteroatoms. The summed E-state index contributed by atoms with van der Waals surface area (Å²) in [4.78, 5) is 4.35. The Hall–Kier alpha value is -1.18. The molecule has 2 N–H and O–H groups in total. The van der Waals surface area contributed by atoms with Crippen LogP contribution in [0.25, 0.3) is 10.2 Å². The van der Waals surface area contributed by atoms with Crippen LogP contribution >= 0.6 is 11.3 Å². The maximum absolute atomic E-state index is 11.9. The molecular weight excluding hydrogens is 342 g/mol. The lowest BCUT2D eigenvalue weighted by Gasteiger charge is -2.29. The number of nitrogens with one attached hydrogen (secondary N) is 2. The molecule has 1 aromatic heterocycles. The van der Waals surface area contributed by atoms with E-state index in [0.29, 0.717) is 5.92 Å². The van der Waals surface area contributed by atoms with Crippen molar-refractivity contribution in [2.75, 3.05) is 11.9 Å². The highest BCUT2D eigenvalue weighted by Gasteiger charge is 2.26. The van der Waals surface area contributed by atoms with Gasteiger partial charge in [0, 0.05) is 18.3 Å². The first-order chi connectivity index (χ1) is 11.4. The van der Waals surface area contributed by atoms with Gasteiger partial charge in [0.25, 0.3) is 0 Å². The topological polar surface area (TPSA) is 71.1 Å². The van der Waals surface area contributed by atoms with Crippen molar-refractivity contribution in [3.05, 3.63) is 23.7 Å². The zero-order valence-corrected chi connectivity index (χ0v) is 15.8. The fourth-order valence-electron chi connectivity index (χ4n) is 3.08. The van der Waals surface area contributed by atoms with Crippen LogP contribution in [0, 0.1) is 5.92 Å². The van der Waals surface area contributed by atoms with Crippen molar-refractivity contribution in [2.24, 2.45) is 5.92 Å². The number of aromatic nitrogens is 1. The number of nitrogens with zero attached hydrogens (tertiary/aromatic N) is 1. The number of rotatable bonds is 6. The van der Waals surface area contributed by atoms with Gasteiger partial charge in [-0.2, -0.15) is 0 Å². The molecule has 0 radical (unpaired) electrons. The SMILES string of the molecule is CC(C)S(=O)(=O)NC1CCC(CNc2ccc3scnc3c2)CC1. The number of hydrogen-bond acceptors (Lipinski definition) is 5. The van der Waals surface area contributed by atoms with E-state index in [1.165, 1.54) is 4.70 Å². The maximum atomic E-state index is 11.9. The zero-order valence-electron chi connectivity index (χ0n) is 14.2. The summed E-state index contributed by atoms with van der Waals surface area (Å²) < 4.78 is 28.0. The van der Waals surface area contributed by atoms with Gasteiger partial charge in [-0.15, -0.1) is 11.3 Å². The largest absolute Gasteiger partial charge is 0.385 e. The van der Waals surface area contributed by atoms with Crippen molar-refractivity contribution in [3.8, 4) is 0 Å². The Morgan fingerprint density at radius 3 is 2.71 bits per heavy atom. The summed E-state index contributed by atoms with van der Waals surface area (Å²) in [5, 5.41) is 3.14. The molecule has 0 atom stereocenters. The minimum atomic E-state index is -3.16. The summed E-state index contributed by atoms with van der Waals surface area (Å²) in [7, 11) is -3.16. The van der Waals surface area contributed by atoms with E-state index < -0.39 is 10.0 Å². The van der Waals surface area contributed by atoms with Gasteiger partial charge >= 0.3 is 0 Å².